The van der Waals surface area contributed by atoms with Crippen LogP contribution in [0.5, 0.6) is 0 Å². The van der Waals surface area contributed by atoms with Gasteiger partial charge in [-0.2, -0.15) is 0 Å². The van der Waals surface area contributed by atoms with E-state index in [2.05, 4.69) is 13.8 Å². The van der Waals surface area contributed by atoms with E-state index in [9.17, 15) is 24.2 Å². The molecule has 0 spiro atoms. The van der Waals surface area contributed by atoms with Crippen molar-refractivity contribution in [3.8, 4) is 0 Å². The fourth-order valence-corrected chi connectivity index (χ4v) is 6.90. The smallest absolute Gasteiger partial charge is 0.305 e. The van der Waals surface area contributed by atoms with Crippen LogP contribution in [-0.4, -0.2) is 81.1 Å². The number of ketones is 1. The van der Waals surface area contributed by atoms with Gasteiger partial charge in [0, 0.05) is 12.3 Å². The van der Waals surface area contributed by atoms with Crippen LogP contribution in [0.3, 0.4) is 0 Å². The normalized spacial score (nSPS) is 18.5. The number of hydrogen-bond donors (Lipinski definition) is 1. The predicted molar refractivity (Wildman–Crippen MR) is 221 cm³/mol. The van der Waals surface area contributed by atoms with Crippen molar-refractivity contribution >= 4 is 19.6 Å². The van der Waals surface area contributed by atoms with Gasteiger partial charge in [0.25, 0.3) is 7.82 Å². The number of rotatable bonds is 36. The van der Waals surface area contributed by atoms with Crippen LogP contribution in [0.25, 0.3) is 0 Å². The maximum absolute atomic E-state index is 12.5. The second-order valence-corrected chi connectivity index (χ2v) is 17.5. The van der Waals surface area contributed by atoms with Crippen molar-refractivity contribution in [2.75, 3.05) is 47.5 Å². The molecule has 1 aliphatic carbocycles. The molecule has 0 aromatic rings. The summed E-state index contributed by atoms with van der Waals surface area (Å²) in [5, 5.41) is 10.2. The number of nitrogens with zero attached hydrogens (tertiary/aromatic N) is 1. The van der Waals surface area contributed by atoms with Crippen LogP contribution in [0.4, 0.5) is 0 Å². The van der Waals surface area contributed by atoms with Gasteiger partial charge >= 0.3 is 5.97 Å². The van der Waals surface area contributed by atoms with Crippen LogP contribution in [0.2, 0.25) is 0 Å². The number of carbonyl (C=O) groups excluding carboxylic acids is 2. The Morgan fingerprint density at radius 2 is 1.47 bits per heavy atom. The van der Waals surface area contributed by atoms with E-state index >= 15 is 0 Å². The SMILES string of the molecule is CCCCCCCCCCCCCC/C=C/O[C@H](COC(=O)CCC/C=C\C[C@H]1C=CC(=O)[C@@H]1/C=C/[C@@H](O)CCCCC)COP(=O)([O-])OCC[N+](C)(C)C. The molecule has 0 radical (unpaired) electrons. The molecule has 0 amide bonds. The van der Waals surface area contributed by atoms with Crippen LogP contribution in [0.1, 0.15) is 149 Å². The summed E-state index contributed by atoms with van der Waals surface area (Å²) >= 11 is 0. The number of ether oxygens (including phenoxy) is 2. The molecule has 0 saturated heterocycles. The van der Waals surface area contributed by atoms with E-state index in [1.807, 2.05) is 51.5 Å². The van der Waals surface area contributed by atoms with Crippen LogP contribution in [0, 0.1) is 11.8 Å². The van der Waals surface area contributed by atoms with E-state index in [-0.39, 0.29) is 43.9 Å². The van der Waals surface area contributed by atoms with Gasteiger partial charge in [-0.05, 0) is 56.6 Å². The maximum Gasteiger partial charge on any atom is 0.305 e. The van der Waals surface area contributed by atoms with Gasteiger partial charge in [-0.3, -0.25) is 14.2 Å². The summed E-state index contributed by atoms with van der Waals surface area (Å²) in [6.07, 6.45) is 35.6. The number of likely N-dealkylation sites (N-methyl/N-ethyl adjacent to an activating group) is 1. The van der Waals surface area contributed by atoms with Crippen molar-refractivity contribution in [3.63, 3.8) is 0 Å². The van der Waals surface area contributed by atoms with Gasteiger partial charge in [-0.1, -0.05) is 134 Å². The first kappa shape index (κ1) is 50.9. The molecular formula is C44H78NO9P. The second kappa shape index (κ2) is 32.0. The van der Waals surface area contributed by atoms with Crippen molar-refractivity contribution < 1.29 is 47.2 Å². The number of carbonyl (C=O) groups is 2. The Bertz CT molecular complexity index is 1160. The van der Waals surface area contributed by atoms with E-state index in [0.717, 1.165) is 38.5 Å². The Labute approximate surface area is 335 Å². The summed E-state index contributed by atoms with van der Waals surface area (Å²) in [6.45, 7) is 4.37. The first-order valence-corrected chi connectivity index (χ1v) is 22.9. The molecule has 11 heteroatoms. The fraction of sp³-hybridized carbons (Fsp3) is 0.773. The summed E-state index contributed by atoms with van der Waals surface area (Å²) in [4.78, 5) is 37.3. The van der Waals surface area contributed by atoms with Gasteiger partial charge in [-0.25, -0.2) is 0 Å². The minimum Gasteiger partial charge on any atom is -0.756 e. The Morgan fingerprint density at radius 3 is 2.13 bits per heavy atom. The molecule has 10 nitrogen and oxygen atoms in total. The zero-order valence-electron chi connectivity index (χ0n) is 35.2. The topological polar surface area (TPSA) is 131 Å². The summed E-state index contributed by atoms with van der Waals surface area (Å²) in [7, 11) is 1.25. The number of allylic oxidation sites excluding steroid dienone is 6. The van der Waals surface area contributed by atoms with Gasteiger partial charge in [-0.15, -0.1) is 0 Å². The van der Waals surface area contributed by atoms with Crippen molar-refractivity contribution in [1.29, 1.82) is 0 Å². The van der Waals surface area contributed by atoms with Crippen LogP contribution in [0.15, 0.2) is 48.8 Å². The summed E-state index contributed by atoms with van der Waals surface area (Å²) in [5.74, 6) is -0.544. The average Bonchev–Trinajstić information content (AvgIpc) is 3.48. The number of phosphoric ester groups is 1. The van der Waals surface area contributed by atoms with Crippen LogP contribution < -0.4 is 4.89 Å². The quantitative estimate of drug-likeness (QED) is 0.0164. The maximum atomic E-state index is 12.5. The molecule has 0 heterocycles. The molecule has 1 rings (SSSR count). The molecule has 0 aromatic carbocycles. The molecule has 318 valence electrons. The number of aliphatic hydroxyl groups is 1. The van der Waals surface area contributed by atoms with E-state index in [1.54, 1.807) is 18.4 Å². The molecule has 0 aliphatic heterocycles. The zero-order valence-corrected chi connectivity index (χ0v) is 36.1. The molecule has 55 heavy (non-hydrogen) atoms. The first-order valence-electron chi connectivity index (χ1n) is 21.5. The molecule has 5 atom stereocenters. The Balaban J connectivity index is 2.45. The van der Waals surface area contributed by atoms with Crippen molar-refractivity contribution in [3.05, 3.63) is 48.8 Å². The fourth-order valence-electron chi connectivity index (χ4n) is 6.17. The summed E-state index contributed by atoms with van der Waals surface area (Å²) in [5.41, 5.74) is 0. The minimum atomic E-state index is -4.56. The van der Waals surface area contributed by atoms with Crippen molar-refractivity contribution in [2.45, 2.75) is 161 Å². The molecule has 1 N–H and O–H groups in total. The summed E-state index contributed by atoms with van der Waals surface area (Å²) < 4.78 is 34.3. The summed E-state index contributed by atoms with van der Waals surface area (Å²) in [6, 6.07) is 0. The third-order valence-corrected chi connectivity index (χ3v) is 10.7. The third kappa shape index (κ3) is 29.8. The molecule has 0 bridgehead atoms. The number of quaternary nitrogens is 1. The molecule has 0 saturated carbocycles. The highest BCUT2D eigenvalue weighted by Gasteiger charge is 2.27. The Morgan fingerprint density at radius 1 is 0.855 bits per heavy atom. The van der Waals surface area contributed by atoms with Crippen LogP contribution >= 0.6 is 7.82 Å². The van der Waals surface area contributed by atoms with E-state index < -0.39 is 26.0 Å². The first-order chi connectivity index (χ1) is 26.4. The molecule has 0 aromatic heterocycles. The Kier molecular flexibility index (Phi) is 29.6. The lowest BCUT2D eigenvalue weighted by Crippen LogP contribution is -2.37. The molecular weight excluding hydrogens is 717 g/mol. The van der Waals surface area contributed by atoms with Crippen LogP contribution in [-0.2, 0) is 32.7 Å². The van der Waals surface area contributed by atoms with Crippen molar-refractivity contribution in [1.82, 2.24) is 0 Å². The number of hydrogen-bond acceptors (Lipinski definition) is 9. The van der Waals surface area contributed by atoms with Gasteiger partial charge in [0.1, 0.15) is 19.8 Å². The van der Waals surface area contributed by atoms with Crippen molar-refractivity contribution in [2.24, 2.45) is 11.8 Å². The second-order valence-electron chi connectivity index (χ2n) is 16.1. The zero-order chi connectivity index (χ0) is 40.6. The predicted octanol–water partition coefficient (Wildman–Crippen LogP) is 9.71. The lowest BCUT2D eigenvalue weighted by atomic mass is 9.90. The highest BCUT2D eigenvalue weighted by Crippen LogP contribution is 2.38. The number of phosphoric acid groups is 1. The van der Waals surface area contributed by atoms with E-state index in [4.69, 9.17) is 18.5 Å². The lowest BCUT2D eigenvalue weighted by molar-refractivity contribution is -0.870. The molecule has 1 unspecified atom stereocenters. The standard InChI is InChI=1S/C44H78NO9P/c1-6-8-10-11-12-13-14-15-16-17-18-19-22-26-35-51-41(38-54-55(49,50)53-36-34-45(3,4)5)37-52-44(48)29-25-21-20-24-27-39-30-33-43(47)42(39)32-31-40(46)28-23-9-7-2/h20,24,26,30-33,35,39-42,46H,6-19,21-23,25,27-29,34,36-38H2,1-5H3/b24-20-,32-31+,35-26+/t39-,40-,41+,42+/m0/s1. The largest absolute Gasteiger partial charge is 0.756 e. The number of esters is 1. The van der Waals surface area contributed by atoms with Gasteiger partial charge in [0.05, 0.1) is 40.1 Å². The Hall–Kier alpha value is -2.07. The number of unbranched alkanes of at least 4 members (excludes halogenated alkanes) is 15. The highest BCUT2D eigenvalue weighted by atomic mass is 31.2. The van der Waals surface area contributed by atoms with Gasteiger partial charge in [0.2, 0.25) is 0 Å². The average molecular weight is 796 g/mol. The van der Waals surface area contributed by atoms with E-state index in [0.29, 0.717) is 36.7 Å². The highest BCUT2D eigenvalue weighted by molar-refractivity contribution is 7.45. The molecule has 0 fully saturated rings. The monoisotopic (exact) mass is 796 g/mol. The third-order valence-electron chi connectivity index (χ3n) is 9.72. The van der Waals surface area contributed by atoms with E-state index in [1.165, 1.54) is 64.2 Å². The van der Waals surface area contributed by atoms with Gasteiger partial charge in [0.15, 0.2) is 11.9 Å². The minimum absolute atomic E-state index is 0.00534. The molecule has 1 aliphatic rings. The van der Waals surface area contributed by atoms with Gasteiger partial charge < -0.3 is 33.0 Å². The number of aliphatic hydroxyl groups excluding tert-OH is 1. The lowest BCUT2D eigenvalue weighted by Gasteiger charge is -2.28.